The van der Waals surface area contributed by atoms with E-state index < -0.39 is 0 Å². The first kappa shape index (κ1) is 13.5. The van der Waals surface area contributed by atoms with Crippen LogP contribution in [0.3, 0.4) is 0 Å². The Morgan fingerprint density at radius 1 is 1.06 bits per heavy atom. The fourth-order valence-electron chi connectivity index (χ4n) is 1.06. The smallest absolute Gasteiger partial charge is 0.324 e. The third-order valence-corrected chi connectivity index (χ3v) is 1.97. The Hall–Kier alpha value is -1.59. The van der Waals surface area contributed by atoms with Crippen LogP contribution in [0.2, 0.25) is 0 Å². The van der Waals surface area contributed by atoms with Crippen LogP contribution in [0, 0.1) is 5.92 Å². The van der Waals surface area contributed by atoms with Crippen LogP contribution < -0.4 is 15.2 Å². The summed E-state index contributed by atoms with van der Waals surface area (Å²) < 4.78 is 10.7. The Labute approximate surface area is 102 Å². The van der Waals surface area contributed by atoms with Gasteiger partial charge in [0.1, 0.15) is 0 Å². The fourth-order valence-corrected chi connectivity index (χ4v) is 1.06. The Morgan fingerprint density at radius 3 is 2.18 bits per heavy atom. The van der Waals surface area contributed by atoms with Gasteiger partial charge in [-0.2, -0.15) is 9.97 Å². The van der Waals surface area contributed by atoms with Crippen molar-refractivity contribution in [2.45, 2.75) is 33.6 Å². The van der Waals surface area contributed by atoms with Crippen molar-refractivity contribution in [2.75, 3.05) is 18.9 Å². The van der Waals surface area contributed by atoms with Crippen LogP contribution in [0.1, 0.15) is 33.6 Å². The van der Waals surface area contributed by atoms with Crippen molar-refractivity contribution in [1.82, 2.24) is 15.0 Å². The molecule has 0 aliphatic rings. The topological polar surface area (TPSA) is 83.2 Å². The minimum atomic E-state index is 0.116. The van der Waals surface area contributed by atoms with E-state index in [1.165, 1.54) is 0 Å². The number of aromatic nitrogens is 3. The molecule has 0 fully saturated rings. The molecule has 1 rings (SSSR count). The van der Waals surface area contributed by atoms with Gasteiger partial charge in [-0.3, -0.25) is 0 Å². The fraction of sp³-hybridized carbons (Fsp3) is 0.727. The van der Waals surface area contributed by atoms with Crippen LogP contribution in [-0.4, -0.2) is 28.2 Å². The zero-order valence-electron chi connectivity index (χ0n) is 10.6. The van der Waals surface area contributed by atoms with Crippen LogP contribution >= 0.6 is 0 Å². The summed E-state index contributed by atoms with van der Waals surface area (Å²) in [7, 11) is 0. The van der Waals surface area contributed by atoms with E-state index in [9.17, 15) is 0 Å². The molecule has 0 aliphatic carbocycles. The van der Waals surface area contributed by atoms with Crippen molar-refractivity contribution in [2.24, 2.45) is 5.92 Å². The zero-order valence-corrected chi connectivity index (χ0v) is 10.6. The highest BCUT2D eigenvalue weighted by molar-refractivity contribution is 5.20. The van der Waals surface area contributed by atoms with Crippen molar-refractivity contribution in [3.8, 4) is 12.0 Å². The minimum absolute atomic E-state index is 0.116. The third kappa shape index (κ3) is 5.33. The Kier molecular flexibility index (Phi) is 5.45. The number of ether oxygens (including phenoxy) is 2. The van der Waals surface area contributed by atoms with Gasteiger partial charge in [0.25, 0.3) is 0 Å². The van der Waals surface area contributed by atoms with Gasteiger partial charge in [-0.25, -0.2) is 0 Å². The predicted molar refractivity (Wildman–Crippen MR) is 65.0 cm³/mol. The summed E-state index contributed by atoms with van der Waals surface area (Å²) >= 11 is 0. The molecule has 0 unspecified atom stereocenters. The van der Waals surface area contributed by atoms with Gasteiger partial charge < -0.3 is 15.2 Å². The normalized spacial score (nSPS) is 10.6. The molecule has 0 aromatic carbocycles. The van der Waals surface area contributed by atoms with Gasteiger partial charge in [-0.1, -0.05) is 20.8 Å². The SMILES string of the molecule is CCCOc1nc(N)nc(OCCC(C)C)n1. The first-order chi connectivity index (χ1) is 8.11. The number of anilines is 1. The number of nitrogens with two attached hydrogens (primary N) is 1. The number of nitrogen functional groups attached to an aromatic ring is 1. The molecular weight excluding hydrogens is 220 g/mol. The molecule has 2 N–H and O–H groups in total. The van der Waals surface area contributed by atoms with Gasteiger partial charge in [-0.05, 0) is 18.8 Å². The molecule has 0 saturated carbocycles. The monoisotopic (exact) mass is 240 g/mol. The lowest BCUT2D eigenvalue weighted by Crippen LogP contribution is -2.09. The second-order valence-corrected chi connectivity index (χ2v) is 4.14. The van der Waals surface area contributed by atoms with Crippen molar-refractivity contribution >= 4 is 5.95 Å². The molecular formula is C11H20N4O2. The van der Waals surface area contributed by atoms with E-state index in [-0.39, 0.29) is 18.0 Å². The van der Waals surface area contributed by atoms with Crippen LogP contribution in [0.25, 0.3) is 0 Å². The third-order valence-electron chi connectivity index (χ3n) is 1.97. The number of rotatable bonds is 7. The molecule has 1 heterocycles. The maximum Gasteiger partial charge on any atom is 0.324 e. The molecule has 6 nitrogen and oxygen atoms in total. The second kappa shape index (κ2) is 6.88. The lowest BCUT2D eigenvalue weighted by molar-refractivity contribution is 0.250. The first-order valence-electron chi connectivity index (χ1n) is 5.89. The highest BCUT2D eigenvalue weighted by atomic mass is 16.5. The summed E-state index contributed by atoms with van der Waals surface area (Å²) in [4.78, 5) is 11.8. The number of hydrogen-bond donors (Lipinski definition) is 1. The van der Waals surface area contributed by atoms with Crippen LogP contribution in [0.5, 0.6) is 12.0 Å². The van der Waals surface area contributed by atoms with E-state index in [1.807, 2.05) is 6.92 Å². The van der Waals surface area contributed by atoms with Gasteiger partial charge >= 0.3 is 12.0 Å². The van der Waals surface area contributed by atoms with E-state index in [0.717, 1.165) is 12.8 Å². The maximum absolute atomic E-state index is 5.54. The lowest BCUT2D eigenvalue weighted by Gasteiger charge is -2.08. The van der Waals surface area contributed by atoms with E-state index in [2.05, 4.69) is 28.8 Å². The zero-order chi connectivity index (χ0) is 12.7. The molecule has 0 radical (unpaired) electrons. The average Bonchev–Trinajstić information content (AvgIpc) is 2.25. The van der Waals surface area contributed by atoms with Crippen molar-refractivity contribution in [3.05, 3.63) is 0 Å². The first-order valence-corrected chi connectivity index (χ1v) is 5.89. The molecule has 6 heteroatoms. The second-order valence-electron chi connectivity index (χ2n) is 4.14. The molecule has 0 atom stereocenters. The van der Waals surface area contributed by atoms with Crippen molar-refractivity contribution < 1.29 is 9.47 Å². The Morgan fingerprint density at radius 2 is 1.65 bits per heavy atom. The van der Waals surface area contributed by atoms with Gasteiger partial charge in [0.05, 0.1) is 13.2 Å². The van der Waals surface area contributed by atoms with Crippen LogP contribution in [-0.2, 0) is 0 Å². The van der Waals surface area contributed by atoms with Gasteiger partial charge in [-0.15, -0.1) is 4.98 Å². The van der Waals surface area contributed by atoms with Gasteiger partial charge in [0.2, 0.25) is 5.95 Å². The van der Waals surface area contributed by atoms with Gasteiger partial charge in [0, 0.05) is 0 Å². The summed E-state index contributed by atoms with van der Waals surface area (Å²) in [5.74, 6) is 0.690. The van der Waals surface area contributed by atoms with E-state index >= 15 is 0 Å². The van der Waals surface area contributed by atoms with Crippen molar-refractivity contribution in [3.63, 3.8) is 0 Å². The summed E-state index contributed by atoms with van der Waals surface area (Å²) in [5, 5.41) is 0. The molecule has 0 aliphatic heterocycles. The molecule has 1 aromatic heterocycles. The molecule has 17 heavy (non-hydrogen) atoms. The van der Waals surface area contributed by atoms with Crippen LogP contribution in [0.15, 0.2) is 0 Å². The highest BCUT2D eigenvalue weighted by Crippen LogP contribution is 2.11. The summed E-state index contributed by atoms with van der Waals surface area (Å²) in [6, 6.07) is 0.447. The lowest BCUT2D eigenvalue weighted by atomic mass is 10.1. The standard InChI is InChI=1S/C11H20N4O2/c1-4-6-16-10-13-9(12)14-11(15-10)17-7-5-8(2)3/h8H,4-7H2,1-3H3,(H2,12,13,14,15). The van der Waals surface area contributed by atoms with E-state index in [0.29, 0.717) is 19.1 Å². The Balaban J connectivity index is 2.55. The summed E-state index contributed by atoms with van der Waals surface area (Å²) in [5.41, 5.74) is 5.54. The molecule has 0 bridgehead atoms. The number of hydrogen-bond acceptors (Lipinski definition) is 6. The molecule has 0 spiro atoms. The van der Waals surface area contributed by atoms with Crippen LogP contribution in [0.4, 0.5) is 5.95 Å². The van der Waals surface area contributed by atoms with E-state index in [1.54, 1.807) is 0 Å². The molecule has 1 aromatic rings. The summed E-state index contributed by atoms with van der Waals surface area (Å²) in [6.45, 7) is 7.37. The van der Waals surface area contributed by atoms with E-state index in [4.69, 9.17) is 15.2 Å². The number of nitrogens with zero attached hydrogens (tertiary/aromatic N) is 3. The largest absolute Gasteiger partial charge is 0.463 e. The molecule has 96 valence electrons. The van der Waals surface area contributed by atoms with Crippen molar-refractivity contribution in [1.29, 1.82) is 0 Å². The highest BCUT2D eigenvalue weighted by Gasteiger charge is 2.06. The van der Waals surface area contributed by atoms with Gasteiger partial charge in [0.15, 0.2) is 0 Å². The maximum atomic E-state index is 5.54. The Bertz CT molecular complexity index is 344. The minimum Gasteiger partial charge on any atom is -0.463 e. The predicted octanol–water partition coefficient (Wildman–Crippen LogP) is 1.67. The molecule has 0 saturated heterocycles. The average molecular weight is 240 g/mol. The quantitative estimate of drug-likeness (QED) is 0.780. The molecule has 0 amide bonds. The summed E-state index contributed by atoms with van der Waals surface area (Å²) in [6.07, 6.45) is 1.83.